The van der Waals surface area contributed by atoms with Gasteiger partial charge in [0.25, 0.3) is 0 Å². The van der Waals surface area contributed by atoms with E-state index >= 15 is 8.78 Å². The van der Waals surface area contributed by atoms with Crippen molar-refractivity contribution in [3.8, 4) is 11.8 Å². The summed E-state index contributed by atoms with van der Waals surface area (Å²) in [5.74, 6) is -7.68. The number of hydrogen-bond donors (Lipinski definition) is 5. The molecule has 5 N–H and O–H groups in total. The smallest absolute Gasteiger partial charge is 0.410 e. The number of alkyl carbamates (subject to hydrolysis) is 1. The van der Waals surface area contributed by atoms with Crippen molar-refractivity contribution in [2.45, 2.75) is 69.5 Å². The van der Waals surface area contributed by atoms with Gasteiger partial charge in [-0.1, -0.05) is 62.2 Å². The van der Waals surface area contributed by atoms with Gasteiger partial charge in [-0.3, -0.25) is 9.59 Å². The van der Waals surface area contributed by atoms with Gasteiger partial charge in [0, 0.05) is 29.0 Å². The highest BCUT2D eigenvalue weighted by atomic mass is 35.5. The SMILES string of the molecule is COc1cc(C(=O)OCOC(=O)NC(CCC(=O)O)C(=O)O)ccc1NC(=O)[C@@H]1N[C@@H](CC(C)(C)C)[C@](C#N)(c2ccc(Cl)cc2F)[C@H]1c1cccc(Cl)c1F. The van der Waals surface area contributed by atoms with Crippen LogP contribution in [-0.4, -0.2) is 72.1 Å². The van der Waals surface area contributed by atoms with E-state index in [0.29, 0.717) is 0 Å². The Hall–Kier alpha value is -5.50. The summed E-state index contributed by atoms with van der Waals surface area (Å²) in [4.78, 5) is 61.2. The van der Waals surface area contributed by atoms with Crippen LogP contribution in [0, 0.1) is 28.4 Å². The van der Waals surface area contributed by atoms with Crippen molar-refractivity contribution in [2.24, 2.45) is 5.41 Å². The highest BCUT2D eigenvalue weighted by Gasteiger charge is 2.61. The molecule has 1 aliphatic rings. The number of benzene rings is 3. The lowest BCUT2D eigenvalue weighted by Crippen LogP contribution is -2.45. The number of ether oxygens (including phenoxy) is 3. The molecule has 2 amide bonds. The minimum Gasteiger partial charge on any atom is -0.495 e. The fourth-order valence-corrected chi connectivity index (χ4v) is 6.96. The van der Waals surface area contributed by atoms with Gasteiger partial charge in [-0.2, -0.15) is 5.26 Å². The second-order valence-electron chi connectivity index (χ2n) is 14.0. The number of nitrogens with one attached hydrogen (secondary N) is 3. The molecule has 0 bridgehead atoms. The minimum absolute atomic E-state index is 0.0392. The van der Waals surface area contributed by atoms with Gasteiger partial charge in [-0.15, -0.1) is 0 Å². The lowest BCUT2D eigenvalue weighted by molar-refractivity contribution is -0.140. The quantitative estimate of drug-likeness (QED) is 0.0883. The number of hydrogen-bond acceptors (Lipinski definition) is 10. The maximum absolute atomic E-state index is 16.0. The number of rotatable bonds is 14. The Morgan fingerprint density at radius 1 is 1.04 bits per heavy atom. The lowest BCUT2D eigenvalue weighted by Gasteiger charge is -2.37. The number of methoxy groups -OCH3 is 1. The van der Waals surface area contributed by atoms with Gasteiger partial charge < -0.3 is 40.4 Å². The van der Waals surface area contributed by atoms with E-state index < -0.39 is 96.1 Å². The molecule has 3 aromatic carbocycles. The largest absolute Gasteiger partial charge is 0.495 e. The molecule has 56 heavy (non-hydrogen) atoms. The average Bonchev–Trinajstić information content (AvgIpc) is 3.43. The van der Waals surface area contributed by atoms with E-state index in [9.17, 15) is 34.3 Å². The van der Waals surface area contributed by atoms with E-state index in [1.807, 2.05) is 26.1 Å². The molecule has 1 fully saturated rings. The van der Waals surface area contributed by atoms with Crippen LogP contribution in [-0.2, 0) is 29.3 Å². The number of nitriles is 1. The fraction of sp³-hybridized carbons (Fsp3) is 0.368. The molecule has 0 aromatic heterocycles. The number of carboxylic acid groups (broad SMARTS) is 2. The molecule has 5 atom stereocenters. The summed E-state index contributed by atoms with van der Waals surface area (Å²) >= 11 is 12.3. The first-order chi connectivity index (χ1) is 26.3. The first kappa shape index (κ1) is 43.2. The first-order valence-electron chi connectivity index (χ1n) is 16.9. The molecule has 0 aliphatic carbocycles. The van der Waals surface area contributed by atoms with E-state index in [0.717, 1.165) is 6.07 Å². The topological polar surface area (TPSA) is 213 Å². The molecule has 1 aliphatic heterocycles. The molecule has 0 saturated carbocycles. The van der Waals surface area contributed by atoms with Gasteiger partial charge in [-0.25, -0.2) is 23.2 Å². The number of halogens is 4. The van der Waals surface area contributed by atoms with Crippen molar-refractivity contribution < 1.29 is 57.2 Å². The third-order valence-corrected chi connectivity index (χ3v) is 9.57. The van der Waals surface area contributed by atoms with Crippen molar-refractivity contribution >= 4 is 58.8 Å². The molecule has 298 valence electrons. The van der Waals surface area contributed by atoms with Gasteiger partial charge in [-0.05, 0) is 60.2 Å². The number of carboxylic acids is 2. The molecule has 3 aromatic rings. The van der Waals surface area contributed by atoms with Crippen molar-refractivity contribution in [1.82, 2.24) is 10.6 Å². The molecule has 18 heteroatoms. The van der Waals surface area contributed by atoms with Gasteiger partial charge in [0.2, 0.25) is 12.7 Å². The van der Waals surface area contributed by atoms with Crippen LogP contribution in [0.5, 0.6) is 5.75 Å². The Bertz CT molecular complexity index is 2060. The Morgan fingerprint density at radius 3 is 2.36 bits per heavy atom. The van der Waals surface area contributed by atoms with Gasteiger partial charge in [0.1, 0.15) is 28.8 Å². The summed E-state index contributed by atoms with van der Waals surface area (Å²) in [5, 5.41) is 36.7. The van der Waals surface area contributed by atoms with Crippen LogP contribution in [0.25, 0.3) is 0 Å². The summed E-state index contributed by atoms with van der Waals surface area (Å²) in [7, 11) is 1.25. The number of aliphatic carboxylic acids is 2. The fourth-order valence-electron chi connectivity index (χ4n) is 6.62. The van der Waals surface area contributed by atoms with Gasteiger partial charge in [0.15, 0.2) is 0 Å². The van der Waals surface area contributed by atoms with E-state index in [-0.39, 0.29) is 44.6 Å². The van der Waals surface area contributed by atoms with Gasteiger partial charge >= 0.3 is 24.0 Å². The summed E-state index contributed by atoms with van der Waals surface area (Å²) in [6, 6.07) is 10.1. The van der Waals surface area contributed by atoms with Crippen LogP contribution in [0.1, 0.15) is 67.4 Å². The first-order valence-corrected chi connectivity index (χ1v) is 17.7. The normalized spacial score (nSPS) is 19.6. The Balaban J connectivity index is 1.63. The van der Waals surface area contributed by atoms with Crippen LogP contribution >= 0.6 is 23.2 Å². The van der Waals surface area contributed by atoms with Crippen LogP contribution in [0.4, 0.5) is 19.3 Å². The average molecular weight is 820 g/mol. The van der Waals surface area contributed by atoms with Crippen molar-refractivity contribution in [3.63, 3.8) is 0 Å². The van der Waals surface area contributed by atoms with E-state index in [1.54, 1.807) is 0 Å². The Morgan fingerprint density at radius 2 is 1.75 bits per heavy atom. The zero-order chi connectivity index (χ0) is 41.5. The molecule has 0 radical (unpaired) electrons. The summed E-state index contributed by atoms with van der Waals surface area (Å²) in [6.45, 7) is 4.75. The number of amides is 2. The number of carbonyl (C=O) groups excluding carboxylic acids is 3. The monoisotopic (exact) mass is 818 g/mol. The Labute approximate surface area is 330 Å². The molecule has 1 unspecified atom stereocenters. The predicted octanol–water partition coefficient (Wildman–Crippen LogP) is 6.40. The molecule has 1 heterocycles. The molecule has 1 saturated heterocycles. The predicted molar refractivity (Wildman–Crippen MR) is 197 cm³/mol. The molecule has 4 rings (SSSR count). The summed E-state index contributed by atoms with van der Waals surface area (Å²) in [5.41, 5.74) is -2.66. The zero-order valence-corrected chi connectivity index (χ0v) is 32.0. The van der Waals surface area contributed by atoms with Crippen molar-refractivity contribution in [3.05, 3.63) is 93.0 Å². The van der Waals surface area contributed by atoms with Crippen LogP contribution in [0.3, 0.4) is 0 Å². The third-order valence-electron chi connectivity index (χ3n) is 9.04. The highest BCUT2D eigenvalue weighted by molar-refractivity contribution is 6.31. The van der Waals surface area contributed by atoms with Gasteiger partial charge in [0.05, 0.1) is 35.5 Å². The van der Waals surface area contributed by atoms with E-state index in [2.05, 4.69) is 16.7 Å². The maximum atomic E-state index is 16.0. The van der Waals surface area contributed by atoms with Crippen LogP contribution < -0.4 is 20.7 Å². The molecular weight excluding hydrogens is 781 g/mol. The molecule has 14 nitrogen and oxygen atoms in total. The second-order valence-corrected chi connectivity index (χ2v) is 14.9. The standard InChI is InChI=1S/C38H38Cl2F2N4O10/c1-37(2,3)16-28-38(17-43,22-10-9-20(39)15-24(22)41)30(21-6-5-7-23(40)31(21)42)32(46-28)33(49)44-25-11-8-19(14-27(25)54-4)35(52)55-18-56-36(53)45-26(34(50)51)12-13-29(47)48/h5-11,14-15,26,28,30,32,46H,12-13,16,18H2,1-4H3,(H,44,49)(H,45,53)(H,47,48)(H,50,51)/t26?,28-,30-,32+,38-/m0/s1. The highest BCUT2D eigenvalue weighted by Crippen LogP contribution is 2.53. The number of carbonyl (C=O) groups is 5. The number of nitrogens with zero attached hydrogens (tertiary/aromatic N) is 1. The zero-order valence-electron chi connectivity index (χ0n) is 30.5. The van der Waals surface area contributed by atoms with Crippen molar-refractivity contribution in [2.75, 3.05) is 19.2 Å². The second kappa shape index (κ2) is 18.0. The van der Waals surface area contributed by atoms with Crippen molar-refractivity contribution in [1.29, 1.82) is 5.26 Å². The number of anilines is 1. The van der Waals surface area contributed by atoms with E-state index in [4.69, 9.17) is 42.5 Å². The summed E-state index contributed by atoms with van der Waals surface area (Å²) < 4.78 is 47.0. The lowest BCUT2D eigenvalue weighted by atomic mass is 9.62. The third kappa shape index (κ3) is 9.83. The van der Waals surface area contributed by atoms with Crippen LogP contribution in [0.2, 0.25) is 10.0 Å². The number of esters is 1. The minimum atomic E-state index is -1.88. The molecular formula is C38H38Cl2F2N4O10. The summed E-state index contributed by atoms with van der Waals surface area (Å²) in [6.07, 6.45) is -2.01. The van der Waals surface area contributed by atoms with E-state index in [1.165, 1.54) is 55.6 Å². The molecule has 0 spiro atoms. The maximum Gasteiger partial charge on any atom is 0.410 e. The Kier molecular flexibility index (Phi) is 13.9. The van der Waals surface area contributed by atoms with Crippen LogP contribution in [0.15, 0.2) is 54.6 Å².